The van der Waals surface area contributed by atoms with Crippen molar-refractivity contribution in [1.29, 1.82) is 0 Å². The number of hydrogen-bond donors (Lipinski definition) is 1. The van der Waals surface area contributed by atoms with Crippen molar-refractivity contribution in [3.05, 3.63) is 95.1 Å². The van der Waals surface area contributed by atoms with E-state index in [4.69, 9.17) is 0 Å². The molecule has 0 aliphatic heterocycles. The predicted molar refractivity (Wildman–Crippen MR) is 121 cm³/mol. The zero-order chi connectivity index (χ0) is 20.5. The Balaban J connectivity index is 0.00000171. The van der Waals surface area contributed by atoms with E-state index in [0.717, 1.165) is 11.1 Å². The van der Waals surface area contributed by atoms with Crippen LogP contribution in [0.15, 0.2) is 72.8 Å². The van der Waals surface area contributed by atoms with Gasteiger partial charge in [-0.2, -0.15) is 0 Å². The van der Waals surface area contributed by atoms with Crippen LogP contribution < -0.4 is 28.6 Å². The molecule has 4 rings (SSSR count). The van der Waals surface area contributed by atoms with E-state index in [1.807, 2.05) is 18.2 Å². The van der Waals surface area contributed by atoms with E-state index in [0.29, 0.717) is 10.1 Å². The Morgan fingerprint density at radius 1 is 0.839 bits per heavy atom. The van der Waals surface area contributed by atoms with Gasteiger partial charge in [-0.05, 0) is 0 Å². The molecule has 1 aliphatic rings. The van der Waals surface area contributed by atoms with Crippen LogP contribution in [0.1, 0.15) is 51.0 Å². The monoisotopic (exact) mass is 504 g/mol. The number of nitrogens with one attached hydrogen (secondary N) is 1. The summed E-state index contributed by atoms with van der Waals surface area (Å²) in [6.07, 6.45) is 0. The molecule has 0 bridgehead atoms. The molecule has 1 aliphatic carbocycles. The van der Waals surface area contributed by atoms with E-state index in [1.54, 1.807) is 0 Å². The van der Waals surface area contributed by atoms with Crippen LogP contribution in [0.5, 0.6) is 0 Å². The molecule has 31 heavy (non-hydrogen) atoms. The quantitative estimate of drug-likeness (QED) is 0.480. The van der Waals surface area contributed by atoms with E-state index in [1.165, 1.54) is 22.3 Å². The SMILES string of the molecule is CC(C)c1ccccc1C(=O)[NH][Ti+2]([CH]1c2ccccc2-c2ccccc21)[SiH](C)C.[Cl-].[Cl-]. The maximum absolute atomic E-state index is 13.4. The topological polar surface area (TPSA) is 29.1 Å². The van der Waals surface area contributed by atoms with Crippen LogP contribution in [0.3, 0.4) is 0 Å². The summed E-state index contributed by atoms with van der Waals surface area (Å²) in [5, 5.41) is 0. The Labute approximate surface area is 205 Å². The summed E-state index contributed by atoms with van der Waals surface area (Å²) in [4.78, 5) is 13.4. The summed E-state index contributed by atoms with van der Waals surface area (Å²) in [6, 6.07) is 25.7. The molecule has 0 saturated heterocycles. The second-order valence-electron chi connectivity index (χ2n) is 8.41. The smallest absolute Gasteiger partial charge is 1.00 e. The van der Waals surface area contributed by atoms with Gasteiger partial charge in [0.15, 0.2) is 0 Å². The van der Waals surface area contributed by atoms with Gasteiger partial charge in [0.25, 0.3) is 0 Å². The van der Waals surface area contributed by atoms with Crippen molar-refractivity contribution in [1.82, 2.24) is 3.80 Å². The summed E-state index contributed by atoms with van der Waals surface area (Å²) in [7, 11) is 0. The number of hydrogen-bond acceptors (Lipinski definition) is 1. The first-order chi connectivity index (χ1) is 14.0. The first kappa shape index (κ1) is 25.9. The number of amides is 1. The van der Waals surface area contributed by atoms with Crippen LogP contribution in [-0.4, -0.2) is 12.6 Å². The molecule has 3 aromatic rings. The molecule has 0 fully saturated rings. The molecule has 161 valence electrons. The van der Waals surface area contributed by atoms with Crippen LogP contribution in [-0.2, 0) is 17.4 Å². The molecule has 6 heteroatoms. The van der Waals surface area contributed by atoms with Crippen molar-refractivity contribution in [2.75, 3.05) is 0 Å². The Morgan fingerprint density at radius 2 is 1.32 bits per heavy atom. The summed E-state index contributed by atoms with van der Waals surface area (Å²) in [5.74, 6) is 0.469. The van der Waals surface area contributed by atoms with Crippen molar-refractivity contribution in [2.45, 2.75) is 37.1 Å². The Bertz CT molecular complexity index is 1010. The molecular weight excluding hydrogens is 477 g/mol. The fourth-order valence-electron chi connectivity index (χ4n) is 4.45. The predicted octanol–water partition coefficient (Wildman–Crippen LogP) is -0.166. The van der Waals surface area contributed by atoms with Gasteiger partial charge < -0.3 is 24.8 Å². The Hall–Kier alpha value is -1.36. The zero-order valence-corrected chi connectivity index (χ0v) is 22.6. The number of rotatable bonds is 5. The molecule has 0 radical (unpaired) electrons. The van der Waals surface area contributed by atoms with E-state index in [2.05, 4.69) is 85.3 Å². The van der Waals surface area contributed by atoms with E-state index in [9.17, 15) is 4.79 Å². The minimum absolute atomic E-state index is 0. The third kappa shape index (κ3) is 5.02. The van der Waals surface area contributed by atoms with Gasteiger partial charge in [0.2, 0.25) is 0 Å². The van der Waals surface area contributed by atoms with Crippen LogP contribution in [0, 0.1) is 0 Å². The molecule has 0 heterocycles. The second-order valence-corrected chi connectivity index (χ2v) is 21.4. The van der Waals surface area contributed by atoms with Gasteiger partial charge in [-0.3, -0.25) is 0 Å². The summed E-state index contributed by atoms with van der Waals surface area (Å²) >= 11 is -1.92. The first-order valence-electron chi connectivity index (χ1n) is 10.4. The fourth-order valence-corrected chi connectivity index (χ4v) is 14.6. The first-order valence-corrected chi connectivity index (χ1v) is 17.7. The molecule has 3 aromatic carbocycles. The number of halogens is 2. The summed E-state index contributed by atoms with van der Waals surface area (Å²) in [5.41, 5.74) is 7.53. The van der Waals surface area contributed by atoms with E-state index >= 15 is 0 Å². The van der Waals surface area contributed by atoms with Crippen molar-refractivity contribution < 1.29 is 47.0 Å². The number of benzene rings is 3. The van der Waals surface area contributed by atoms with Crippen molar-refractivity contribution in [3.63, 3.8) is 0 Å². The third-order valence-corrected chi connectivity index (χ3v) is 17.6. The van der Waals surface area contributed by atoms with Crippen LogP contribution in [0.2, 0.25) is 13.1 Å². The van der Waals surface area contributed by atoms with Crippen molar-refractivity contribution in [2.24, 2.45) is 0 Å². The standard InChI is InChI=1S/C13H9.C10H13NO.C2H7Si.2ClH.Ti/c1-3-7-12-10(5-1)9-11-6-2-4-8-13(11)12;1-7(2)8-5-3-4-6-9(8)10(11)12;1-3-2;;;/h1-9H;3-7H,1-2H3,(H2,11,12);3H,1-2H3;2*1H;/q;;;;;+3/p-3. The molecule has 0 saturated carbocycles. The zero-order valence-electron chi connectivity index (χ0n) is 18.3. The fraction of sp³-hybridized carbons (Fsp3) is 0.240. The molecular formula is C25H28Cl2NOSiTi. The number of fused-ring (bicyclic) bond motifs is 3. The van der Waals surface area contributed by atoms with Crippen molar-refractivity contribution >= 4 is 12.6 Å². The maximum atomic E-state index is 13.4. The Morgan fingerprint density at radius 3 is 1.84 bits per heavy atom. The van der Waals surface area contributed by atoms with Gasteiger partial charge in [-0.1, -0.05) is 0 Å². The maximum Gasteiger partial charge on any atom is -1.00 e. The van der Waals surface area contributed by atoms with E-state index < -0.39 is 24.0 Å². The minimum Gasteiger partial charge on any atom is -1.00 e. The molecule has 1 N–H and O–H groups in total. The second kappa shape index (κ2) is 11.0. The molecule has 0 atom stereocenters. The van der Waals surface area contributed by atoms with Gasteiger partial charge in [-0.25, -0.2) is 0 Å². The molecule has 2 nitrogen and oxygen atoms in total. The molecule has 1 amide bonds. The van der Waals surface area contributed by atoms with Crippen LogP contribution in [0.4, 0.5) is 0 Å². The number of carbonyl (C=O) groups is 1. The van der Waals surface area contributed by atoms with Crippen molar-refractivity contribution in [3.8, 4) is 11.1 Å². The molecule has 0 aromatic heterocycles. The Kier molecular flexibility index (Phi) is 9.17. The normalized spacial score (nSPS) is 11.9. The average Bonchev–Trinajstić information content (AvgIpc) is 3.06. The number of carbonyl (C=O) groups excluding carboxylic acids is 1. The average molecular weight is 505 g/mol. The van der Waals surface area contributed by atoms with Crippen LogP contribution >= 0.6 is 0 Å². The van der Waals surface area contributed by atoms with E-state index in [-0.39, 0.29) is 30.7 Å². The van der Waals surface area contributed by atoms with Gasteiger partial charge in [0.05, 0.1) is 0 Å². The third-order valence-electron chi connectivity index (χ3n) is 5.85. The van der Waals surface area contributed by atoms with Crippen LogP contribution in [0.25, 0.3) is 11.1 Å². The molecule has 0 spiro atoms. The largest absolute Gasteiger partial charge is 1.00 e. The van der Waals surface area contributed by atoms with Gasteiger partial charge >= 0.3 is 182 Å². The summed E-state index contributed by atoms with van der Waals surface area (Å²) < 4.78 is 4.03. The minimum atomic E-state index is -1.92. The molecule has 0 unspecified atom stereocenters. The van der Waals surface area contributed by atoms with Gasteiger partial charge in [0.1, 0.15) is 0 Å². The van der Waals surface area contributed by atoms with Gasteiger partial charge in [0, 0.05) is 0 Å². The van der Waals surface area contributed by atoms with Gasteiger partial charge in [-0.15, -0.1) is 0 Å². The summed E-state index contributed by atoms with van der Waals surface area (Å²) in [6.45, 7) is 8.09.